The monoisotopic (exact) mass is 1340 g/mol. The van der Waals surface area contributed by atoms with Crippen molar-refractivity contribution in [3.63, 3.8) is 0 Å². The molecule has 0 bridgehead atoms. The Labute approximate surface area is 610 Å². The van der Waals surface area contributed by atoms with Gasteiger partial charge < -0.3 is 23.0 Å². The third-order valence-corrected chi connectivity index (χ3v) is 22.5. The predicted molar refractivity (Wildman–Crippen MR) is 440 cm³/mol. The summed E-state index contributed by atoms with van der Waals surface area (Å²) in [7, 11) is 0. The SMILES string of the molecule is CC1(C)c2ccccc2-c2c1c1cc(-c3ccc(-n4c5ccccc5c5ccccc54)cc3)ccc1n2-c1ccccc1.CC1(C)c2ccccc2-c2c1c1cc(-c3ccc(N(c4ccc(-c5ccccc5)cc4)c4ccc(-c5cccc6c5oc5ccccc56)cc4)cc3)ccc1n2-c1ccccc1. The number of hydrogen-bond donors (Lipinski definition) is 0. The standard InChI is InChI=1S/C59H42N2O.C41H30N2/c1-59(2)53-22-11-9-19-51(53)57-56(59)52-38-43(30-37-54(52)61(57)44-16-7-4-8-17-44)41-26-33-46(34-27-41)60(45-31-24-40(25-32-45)39-14-5-3-6-15-39)47-35-28-42(29-36-47)48-20-13-21-50-49-18-10-12-23-55(49)62-58(48)50;1-41(2)35-17-9-6-16-33(35)40-39(41)34-26-28(22-25-38(34)43(40)29-12-4-3-5-13-29)27-20-23-30(24-21-27)42-36-18-10-7-14-31(36)32-15-8-11-19-37(32)42/h3-38H,1-2H3;3-26H,1-2H3. The Hall–Kier alpha value is -13.2. The van der Waals surface area contributed by atoms with Gasteiger partial charge in [-0.05, 0) is 176 Å². The number of hydrogen-bond acceptors (Lipinski definition) is 2. The third kappa shape index (κ3) is 9.83. The third-order valence-electron chi connectivity index (χ3n) is 22.5. The fourth-order valence-corrected chi connectivity index (χ4v) is 17.6. The zero-order chi connectivity index (χ0) is 70.1. The Morgan fingerprint density at radius 3 is 1.10 bits per heavy atom. The van der Waals surface area contributed by atoms with Gasteiger partial charge in [0, 0.05) is 94.0 Å². The van der Waals surface area contributed by atoms with Crippen LogP contribution in [-0.2, 0) is 10.8 Å². The molecule has 0 fully saturated rings. The summed E-state index contributed by atoms with van der Waals surface area (Å²) >= 11 is 0. The van der Waals surface area contributed by atoms with E-state index in [-0.39, 0.29) is 10.8 Å². The van der Waals surface area contributed by atoms with Gasteiger partial charge in [-0.1, -0.05) is 276 Å². The molecule has 0 amide bonds. The van der Waals surface area contributed by atoms with Crippen LogP contribution in [0.25, 0.3) is 150 Å². The summed E-state index contributed by atoms with van der Waals surface area (Å²) < 4.78 is 13.7. The number of furan rings is 1. The van der Waals surface area contributed by atoms with Gasteiger partial charge in [-0.2, -0.15) is 0 Å². The van der Waals surface area contributed by atoms with E-state index in [1.165, 1.54) is 139 Å². The summed E-state index contributed by atoms with van der Waals surface area (Å²) in [5.41, 5.74) is 33.6. The minimum atomic E-state index is -0.141. The lowest BCUT2D eigenvalue weighted by molar-refractivity contribution is 0.666. The van der Waals surface area contributed by atoms with Crippen LogP contribution in [0.1, 0.15) is 49.9 Å². The molecule has 0 saturated heterocycles. The van der Waals surface area contributed by atoms with Crippen molar-refractivity contribution in [2.45, 2.75) is 38.5 Å². The van der Waals surface area contributed by atoms with E-state index in [9.17, 15) is 0 Å². The Balaban J connectivity index is 0.000000149. The van der Waals surface area contributed by atoms with E-state index < -0.39 is 0 Å². The number of rotatable bonds is 10. The van der Waals surface area contributed by atoms with Crippen molar-refractivity contribution in [3.05, 3.63) is 386 Å². The van der Waals surface area contributed by atoms with Gasteiger partial charge in [0.25, 0.3) is 0 Å². The number of fused-ring (bicyclic) bond motifs is 16. The molecule has 2 aliphatic carbocycles. The summed E-state index contributed by atoms with van der Waals surface area (Å²) in [6.45, 7) is 9.50. The van der Waals surface area contributed by atoms with Crippen molar-refractivity contribution in [2.75, 3.05) is 4.90 Å². The molecule has 105 heavy (non-hydrogen) atoms. The summed E-state index contributed by atoms with van der Waals surface area (Å²) in [4.78, 5) is 2.35. The molecule has 2 aliphatic rings. The number of para-hydroxylation sites is 6. The van der Waals surface area contributed by atoms with Crippen molar-refractivity contribution < 1.29 is 4.42 Å². The van der Waals surface area contributed by atoms with Crippen LogP contribution >= 0.6 is 0 Å². The van der Waals surface area contributed by atoms with E-state index in [0.717, 1.165) is 50.1 Å². The smallest absolute Gasteiger partial charge is 0.143 e. The topological polar surface area (TPSA) is 31.2 Å². The maximum Gasteiger partial charge on any atom is 0.143 e. The van der Waals surface area contributed by atoms with E-state index in [2.05, 4.69) is 398 Å². The normalized spacial score (nSPS) is 13.1. The fourth-order valence-electron chi connectivity index (χ4n) is 17.6. The van der Waals surface area contributed by atoms with E-state index in [0.29, 0.717) is 0 Å². The van der Waals surface area contributed by atoms with Crippen LogP contribution in [0.5, 0.6) is 0 Å². The summed E-state index contributed by atoms with van der Waals surface area (Å²) in [6, 6.07) is 132. The van der Waals surface area contributed by atoms with Crippen molar-refractivity contribution in [1.29, 1.82) is 0 Å². The first-order valence-electron chi connectivity index (χ1n) is 36.5. The second-order valence-electron chi connectivity index (χ2n) is 29.1. The molecule has 4 aromatic heterocycles. The highest BCUT2D eigenvalue weighted by molar-refractivity contribution is 6.11. The number of anilines is 3. The Morgan fingerprint density at radius 1 is 0.248 bits per heavy atom. The molecule has 0 N–H and O–H groups in total. The minimum absolute atomic E-state index is 0.0940. The molecule has 0 atom stereocenters. The lowest BCUT2D eigenvalue weighted by Gasteiger charge is -2.26. The molecule has 0 saturated carbocycles. The molecule has 21 rings (SSSR count). The van der Waals surface area contributed by atoms with Crippen LogP contribution in [0.2, 0.25) is 0 Å². The quantitative estimate of drug-likeness (QED) is 0.137. The van der Waals surface area contributed by atoms with Gasteiger partial charge in [0.05, 0.1) is 33.5 Å². The summed E-state index contributed by atoms with van der Waals surface area (Å²) in [6.07, 6.45) is 0. The van der Waals surface area contributed by atoms with E-state index in [4.69, 9.17) is 4.42 Å². The van der Waals surface area contributed by atoms with Crippen LogP contribution in [0.3, 0.4) is 0 Å². The van der Waals surface area contributed by atoms with Gasteiger partial charge in [0.15, 0.2) is 0 Å². The summed E-state index contributed by atoms with van der Waals surface area (Å²) in [5, 5.41) is 7.46. The number of benzene rings is 15. The Bertz CT molecular complexity index is 6540. The maximum absolute atomic E-state index is 6.43. The molecule has 0 unspecified atom stereocenters. The van der Waals surface area contributed by atoms with E-state index in [1.807, 2.05) is 12.1 Å². The molecule has 0 aliphatic heterocycles. The van der Waals surface area contributed by atoms with Crippen molar-refractivity contribution in [2.24, 2.45) is 0 Å². The van der Waals surface area contributed by atoms with Gasteiger partial charge in [-0.3, -0.25) is 0 Å². The van der Waals surface area contributed by atoms with Gasteiger partial charge in [0.2, 0.25) is 0 Å². The average Bonchev–Trinajstić information content (AvgIpc) is 1.55. The molecular weight excluding hydrogens is 1270 g/mol. The van der Waals surface area contributed by atoms with Crippen molar-refractivity contribution in [3.8, 4) is 84.1 Å². The van der Waals surface area contributed by atoms with Crippen LogP contribution in [0, 0.1) is 0 Å². The van der Waals surface area contributed by atoms with E-state index in [1.54, 1.807) is 0 Å². The van der Waals surface area contributed by atoms with Gasteiger partial charge >= 0.3 is 0 Å². The first-order chi connectivity index (χ1) is 51.6. The second-order valence-corrected chi connectivity index (χ2v) is 29.1. The highest BCUT2D eigenvalue weighted by Crippen LogP contribution is 2.56. The van der Waals surface area contributed by atoms with Gasteiger partial charge in [-0.25, -0.2) is 0 Å². The predicted octanol–water partition coefficient (Wildman–Crippen LogP) is 27.0. The van der Waals surface area contributed by atoms with E-state index >= 15 is 0 Å². The summed E-state index contributed by atoms with van der Waals surface area (Å²) in [5.74, 6) is 0. The highest BCUT2D eigenvalue weighted by atomic mass is 16.3. The first kappa shape index (κ1) is 61.6. The fraction of sp³-hybridized carbons (Fsp3) is 0.0600. The zero-order valence-corrected chi connectivity index (χ0v) is 58.8. The van der Waals surface area contributed by atoms with Crippen molar-refractivity contribution >= 4 is 82.6 Å². The minimum Gasteiger partial charge on any atom is -0.455 e. The van der Waals surface area contributed by atoms with Crippen LogP contribution in [0.15, 0.2) is 368 Å². The molecule has 5 nitrogen and oxygen atoms in total. The van der Waals surface area contributed by atoms with Gasteiger partial charge in [0.1, 0.15) is 11.2 Å². The maximum atomic E-state index is 6.43. The Kier molecular flexibility index (Phi) is 14.2. The first-order valence-corrected chi connectivity index (χ1v) is 36.5. The van der Waals surface area contributed by atoms with Crippen LogP contribution in [-0.4, -0.2) is 13.7 Å². The molecule has 0 spiro atoms. The molecular formula is C100H72N4O. The number of nitrogens with zero attached hydrogens (tertiary/aromatic N) is 4. The zero-order valence-electron chi connectivity index (χ0n) is 58.8. The lowest BCUT2D eigenvalue weighted by Crippen LogP contribution is -2.14. The largest absolute Gasteiger partial charge is 0.455 e. The molecule has 0 radical (unpaired) electrons. The van der Waals surface area contributed by atoms with Gasteiger partial charge in [-0.15, -0.1) is 0 Å². The highest BCUT2D eigenvalue weighted by Gasteiger charge is 2.42. The van der Waals surface area contributed by atoms with Crippen molar-refractivity contribution in [1.82, 2.24) is 13.7 Å². The van der Waals surface area contributed by atoms with Crippen LogP contribution in [0.4, 0.5) is 17.1 Å². The molecule has 4 heterocycles. The second kappa shape index (κ2) is 24.2. The van der Waals surface area contributed by atoms with Crippen LogP contribution < -0.4 is 4.90 Å². The number of aromatic nitrogens is 3. The molecule has 19 aromatic rings. The molecule has 15 aromatic carbocycles. The lowest BCUT2D eigenvalue weighted by atomic mass is 9.81. The molecule has 5 heteroatoms. The molecule has 498 valence electrons. The average molecular weight is 1350 g/mol. The Morgan fingerprint density at radius 2 is 0.600 bits per heavy atom.